The predicted octanol–water partition coefficient (Wildman–Crippen LogP) is 1.16. The van der Waals surface area contributed by atoms with Crippen molar-refractivity contribution in [1.82, 2.24) is 0 Å². The first-order chi connectivity index (χ1) is 8.00. The van der Waals surface area contributed by atoms with Gasteiger partial charge in [0.25, 0.3) is 0 Å². The van der Waals surface area contributed by atoms with Crippen molar-refractivity contribution in [2.45, 2.75) is 39.0 Å². The number of nitrogens with two attached hydrogens (primary N) is 2. The van der Waals surface area contributed by atoms with Crippen LogP contribution in [0.25, 0.3) is 0 Å². The van der Waals surface area contributed by atoms with Crippen LogP contribution in [0.3, 0.4) is 0 Å². The normalized spacial score (nSPS) is 16.1. The fourth-order valence-corrected chi connectivity index (χ4v) is 3.61. The van der Waals surface area contributed by atoms with E-state index < -0.39 is 34.1 Å². The molecule has 8 heteroatoms. The molecule has 0 amide bonds. The summed E-state index contributed by atoms with van der Waals surface area (Å²) in [5.41, 5.74) is 3.91. The number of carbonyl (C=O) groups is 2. The Morgan fingerprint density at radius 2 is 1.50 bits per heavy atom. The first kappa shape index (κ1) is 17.6. The highest BCUT2D eigenvalue weighted by Gasteiger charge is 2.51. The number of hydrogen-bond donors (Lipinski definition) is 4. The highest BCUT2D eigenvalue weighted by Crippen LogP contribution is 2.49. The fourth-order valence-electron chi connectivity index (χ4n) is 1.57. The maximum Gasteiger partial charge on any atom is 0.321 e. The standard InChI is InChI=1S/C10H20N2O4S2/c1-9(2,5(11)7(13)14)10(3,4)6(8(15)16)17-18-12/h5-6H,11-12H2,1-4H3,(H,13,14)(H,15,16)/t5-,6+/m0/s1. The summed E-state index contributed by atoms with van der Waals surface area (Å²) in [5, 5.41) is 22.7. The summed E-state index contributed by atoms with van der Waals surface area (Å²) in [6, 6.07) is -1.15. The molecule has 0 aromatic carbocycles. The van der Waals surface area contributed by atoms with Gasteiger partial charge in [-0.25, -0.2) is 0 Å². The first-order valence-corrected chi connectivity index (χ1v) is 7.51. The lowest BCUT2D eigenvalue weighted by atomic mass is 9.62. The van der Waals surface area contributed by atoms with Crippen molar-refractivity contribution in [3.63, 3.8) is 0 Å². The van der Waals surface area contributed by atoms with Crippen LogP contribution >= 0.6 is 21.8 Å². The molecule has 0 aromatic rings. The second-order valence-electron chi connectivity index (χ2n) is 5.17. The summed E-state index contributed by atoms with van der Waals surface area (Å²) in [4.78, 5) is 22.3. The number of rotatable bonds is 7. The summed E-state index contributed by atoms with van der Waals surface area (Å²) in [5.74, 6) is -2.18. The SMILES string of the molecule is CC(C)([C@H](SSN)C(=O)O)C(C)(C)[C@@H](N)C(=O)O. The molecule has 0 bridgehead atoms. The minimum Gasteiger partial charge on any atom is -0.480 e. The third kappa shape index (κ3) is 3.31. The zero-order valence-electron chi connectivity index (χ0n) is 10.8. The van der Waals surface area contributed by atoms with Crippen LogP contribution in [0, 0.1) is 10.8 Å². The summed E-state index contributed by atoms with van der Waals surface area (Å²) >= 11 is 0. The van der Waals surface area contributed by atoms with E-state index in [1.54, 1.807) is 27.7 Å². The highest BCUT2D eigenvalue weighted by molar-refractivity contribution is 8.76. The molecule has 18 heavy (non-hydrogen) atoms. The van der Waals surface area contributed by atoms with Crippen LogP contribution in [0.4, 0.5) is 0 Å². The topological polar surface area (TPSA) is 127 Å². The third-order valence-corrected chi connectivity index (χ3v) is 5.74. The van der Waals surface area contributed by atoms with Crippen LogP contribution in [-0.4, -0.2) is 33.4 Å². The Morgan fingerprint density at radius 3 is 1.78 bits per heavy atom. The van der Waals surface area contributed by atoms with E-state index in [4.69, 9.17) is 16.0 Å². The molecule has 0 rings (SSSR count). The van der Waals surface area contributed by atoms with Gasteiger partial charge in [0.15, 0.2) is 0 Å². The van der Waals surface area contributed by atoms with Gasteiger partial charge in [0.1, 0.15) is 11.3 Å². The summed E-state index contributed by atoms with van der Waals surface area (Å²) in [7, 11) is 1.84. The zero-order valence-corrected chi connectivity index (χ0v) is 12.5. The van der Waals surface area contributed by atoms with E-state index >= 15 is 0 Å². The molecule has 0 aliphatic rings. The Kier molecular flexibility index (Phi) is 5.99. The molecule has 0 aromatic heterocycles. The lowest BCUT2D eigenvalue weighted by Gasteiger charge is -2.46. The maximum atomic E-state index is 11.3. The highest BCUT2D eigenvalue weighted by atomic mass is 33.1. The number of carboxylic acid groups (broad SMARTS) is 2. The van der Waals surface area contributed by atoms with E-state index in [2.05, 4.69) is 0 Å². The molecule has 0 fully saturated rings. The lowest BCUT2D eigenvalue weighted by molar-refractivity contribution is -0.148. The van der Waals surface area contributed by atoms with Crippen molar-refractivity contribution in [2.24, 2.45) is 21.7 Å². The average molecular weight is 296 g/mol. The van der Waals surface area contributed by atoms with E-state index in [-0.39, 0.29) is 0 Å². The molecule has 0 unspecified atom stereocenters. The van der Waals surface area contributed by atoms with Crippen molar-refractivity contribution < 1.29 is 19.8 Å². The summed E-state index contributed by atoms with van der Waals surface area (Å²) < 4.78 is 0. The minimum atomic E-state index is -1.15. The minimum absolute atomic E-state index is 0.849. The van der Waals surface area contributed by atoms with Gasteiger partial charge in [-0.3, -0.25) is 14.7 Å². The van der Waals surface area contributed by atoms with E-state index in [1.165, 1.54) is 0 Å². The van der Waals surface area contributed by atoms with Gasteiger partial charge in [0.05, 0.1) is 0 Å². The van der Waals surface area contributed by atoms with Gasteiger partial charge < -0.3 is 15.9 Å². The molecule has 0 saturated carbocycles. The van der Waals surface area contributed by atoms with Gasteiger partial charge >= 0.3 is 11.9 Å². The Bertz CT molecular complexity index is 334. The molecule has 106 valence electrons. The number of hydrogen-bond acceptors (Lipinski definition) is 6. The van der Waals surface area contributed by atoms with Crippen molar-refractivity contribution in [2.75, 3.05) is 0 Å². The average Bonchev–Trinajstić information content (AvgIpc) is 2.23. The van der Waals surface area contributed by atoms with Crippen molar-refractivity contribution in [3.05, 3.63) is 0 Å². The first-order valence-electron chi connectivity index (χ1n) is 5.23. The molecule has 2 atom stereocenters. The van der Waals surface area contributed by atoms with Gasteiger partial charge in [-0.2, -0.15) is 0 Å². The van der Waals surface area contributed by atoms with Crippen LogP contribution in [0.5, 0.6) is 0 Å². The van der Waals surface area contributed by atoms with Crippen LogP contribution in [0.15, 0.2) is 0 Å². The van der Waals surface area contributed by atoms with Crippen LogP contribution in [-0.2, 0) is 9.59 Å². The van der Waals surface area contributed by atoms with E-state index in [1.807, 2.05) is 0 Å². The van der Waals surface area contributed by atoms with Crippen molar-refractivity contribution in [1.29, 1.82) is 0 Å². The largest absolute Gasteiger partial charge is 0.480 e. The van der Waals surface area contributed by atoms with Crippen LogP contribution < -0.4 is 10.9 Å². The van der Waals surface area contributed by atoms with E-state index in [0.717, 1.165) is 21.8 Å². The van der Waals surface area contributed by atoms with Gasteiger partial charge in [0.2, 0.25) is 0 Å². The summed E-state index contributed by atoms with van der Waals surface area (Å²) in [6.45, 7) is 6.70. The summed E-state index contributed by atoms with van der Waals surface area (Å²) in [6.07, 6.45) is 0. The second kappa shape index (κ2) is 6.14. The maximum absolute atomic E-state index is 11.3. The molecular formula is C10H20N2O4S2. The smallest absolute Gasteiger partial charge is 0.321 e. The van der Waals surface area contributed by atoms with E-state index in [9.17, 15) is 14.7 Å². The van der Waals surface area contributed by atoms with Crippen LogP contribution in [0.2, 0.25) is 0 Å². The number of aliphatic carboxylic acids is 2. The third-order valence-electron chi connectivity index (χ3n) is 3.74. The molecule has 0 spiro atoms. The number of carboxylic acids is 2. The van der Waals surface area contributed by atoms with Gasteiger partial charge in [-0.05, 0) is 21.8 Å². The molecule has 0 aliphatic carbocycles. The quantitative estimate of drug-likeness (QED) is 0.407. The molecule has 6 nitrogen and oxygen atoms in total. The Hall–Kier alpha value is -0.440. The molecule has 0 radical (unpaired) electrons. The van der Waals surface area contributed by atoms with Crippen LogP contribution in [0.1, 0.15) is 27.7 Å². The molecule has 6 N–H and O–H groups in total. The van der Waals surface area contributed by atoms with Gasteiger partial charge in [-0.15, -0.1) is 0 Å². The lowest BCUT2D eigenvalue weighted by Crippen LogP contribution is -2.56. The predicted molar refractivity (Wildman–Crippen MR) is 74.0 cm³/mol. The molecule has 0 heterocycles. The fraction of sp³-hybridized carbons (Fsp3) is 0.800. The van der Waals surface area contributed by atoms with Crippen molar-refractivity contribution in [3.8, 4) is 0 Å². The van der Waals surface area contributed by atoms with Gasteiger partial charge in [0, 0.05) is 0 Å². The Balaban J connectivity index is 5.43. The van der Waals surface area contributed by atoms with Crippen molar-refractivity contribution >= 4 is 33.7 Å². The Labute approximate surface area is 114 Å². The molecular weight excluding hydrogens is 276 g/mol. The second-order valence-corrected chi connectivity index (χ2v) is 7.18. The molecule has 0 saturated heterocycles. The molecule has 0 aliphatic heterocycles. The van der Waals surface area contributed by atoms with Gasteiger partial charge in [-0.1, -0.05) is 38.5 Å². The zero-order chi connectivity index (χ0) is 14.7. The monoisotopic (exact) mass is 296 g/mol. The van der Waals surface area contributed by atoms with E-state index in [0.29, 0.717) is 0 Å². The Morgan fingerprint density at radius 1 is 1.06 bits per heavy atom.